The number of amides is 1. The van der Waals surface area contributed by atoms with Crippen LogP contribution in [0.2, 0.25) is 0 Å². The zero-order valence-corrected chi connectivity index (χ0v) is 17.6. The van der Waals surface area contributed by atoms with Crippen LogP contribution in [0.25, 0.3) is 5.65 Å². The van der Waals surface area contributed by atoms with Crippen molar-refractivity contribution in [2.24, 2.45) is 0 Å². The van der Waals surface area contributed by atoms with Crippen molar-refractivity contribution < 1.29 is 4.79 Å². The number of likely N-dealkylation sites (N-methyl/N-ethyl adjacent to an activating group) is 1. The number of fused-ring (bicyclic) bond motifs is 1. The van der Waals surface area contributed by atoms with Crippen LogP contribution in [-0.2, 0) is 4.79 Å². The molecule has 156 valence electrons. The van der Waals surface area contributed by atoms with Crippen LogP contribution in [0.15, 0.2) is 42.7 Å². The predicted molar refractivity (Wildman–Crippen MR) is 116 cm³/mol. The van der Waals surface area contributed by atoms with Gasteiger partial charge in [-0.15, -0.1) is 0 Å². The smallest absolute Gasteiger partial charge is 0.241 e. The molecule has 2 aliphatic heterocycles. The lowest BCUT2D eigenvalue weighted by Crippen LogP contribution is -2.49. The molecule has 0 radical (unpaired) electrons. The number of pyridine rings is 2. The van der Waals surface area contributed by atoms with Gasteiger partial charge in [-0.05, 0) is 49.9 Å². The molecular weight excluding hydrogens is 376 g/mol. The Morgan fingerprint density at radius 3 is 2.80 bits per heavy atom. The van der Waals surface area contributed by atoms with E-state index < -0.39 is 0 Å². The molecule has 0 spiro atoms. The summed E-state index contributed by atoms with van der Waals surface area (Å²) in [5.74, 6) is 1.18. The highest BCUT2D eigenvalue weighted by atomic mass is 16.2. The highest BCUT2D eigenvalue weighted by Crippen LogP contribution is 2.33. The third-order valence-electron chi connectivity index (χ3n) is 6.40. The minimum Gasteiger partial charge on any atom is -0.347 e. The Hall–Kier alpha value is -2.93. The average Bonchev–Trinajstić information content (AvgIpc) is 3.21. The number of anilines is 1. The Labute approximate surface area is 176 Å². The highest BCUT2D eigenvalue weighted by Gasteiger charge is 2.28. The molecule has 5 heterocycles. The first-order chi connectivity index (χ1) is 14.6. The molecule has 3 aromatic heterocycles. The molecule has 1 N–H and O–H groups in total. The molecule has 0 aromatic carbocycles. The minimum absolute atomic E-state index is 0.154. The molecule has 30 heavy (non-hydrogen) atoms. The topological polar surface area (TPSA) is 65.8 Å². The quantitative estimate of drug-likeness (QED) is 0.727. The fourth-order valence-corrected chi connectivity index (χ4v) is 4.64. The largest absolute Gasteiger partial charge is 0.347 e. The van der Waals surface area contributed by atoms with Gasteiger partial charge in [0.1, 0.15) is 11.5 Å². The fourth-order valence-electron chi connectivity index (χ4n) is 4.64. The maximum atomic E-state index is 12.2. The van der Waals surface area contributed by atoms with Crippen molar-refractivity contribution >= 4 is 17.4 Å². The van der Waals surface area contributed by atoms with Crippen LogP contribution in [0, 0.1) is 6.92 Å². The summed E-state index contributed by atoms with van der Waals surface area (Å²) >= 11 is 0. The molecule has 5 rings (SSSR count). The molecule has 0 saturated carbocycles. The summed E-state index contributed by atoms with van der Waals surface area (Å²) in [6, 6.07) is 10.7. The van der Waals surface area contributed by atoms with Crippen molar-refractivity contribution in [3.8, 4) is 0 Å². The van der Waals surface area contributed by atoms with Gasteiger partial charge in [0, 0.05) is 32.5 Å². The van der Waals surface area contributed by atoms with E-state index in [1.54, 1.807) is 4.90 Å². The molecule has 0 unspecified atom stereocenters. The Bertz CT molecular complexity index is 1080. The molecule has 2 atom stereocenters. The van der Waals surface area contributed by atoms with E-state index in [-0.39, 0.29) is 18.0 Å². The van der Waals surface area contributed by atoms with Crippen LogP contribution < -0.4 is 10.2 Å². The lowest BCUT2D eigenvalue weighted by molar-refractivity contribution is -0.129. The number of hydrogen-bond acceptors (Lipinski definition) is 5. The standard InChI is InChI=1S/C23H28N6O/c1-16-6-5-11-24-23(16)18-8-3-7-17(25-18)19-14-29-20(26-19)9-4-10-21(29)28-13-12-27(2)22(30)15-28/h4-6,9-11,14,17-18,25H,3,7-8,12-13,15H2,1-2H3/t17-,18+/m1/s1. The van der Waals surface area contributed by atoms with Crippen LogP contribution in [0.5, 0.6) is 0 Å². The molecule has 2 saturated heterocycles. The Kier molecular flexibility index (Phi) is 4.90. The summed E-state index contributed by atoms with van der Waals surface area (Å²) in [5.41, 5.74) is 4.35. The SMILES string of the molecule is Cc1cccnc1[C@@H]1CCC[C@H](c2cn3c(N4CCN(C)C(=O)C4)cccc3n2)N1. The van der Waals surface area contributed by atoms with Crippen LogP contribution in [0.4, 0.5) is 5.82 Å². The van der Waals surface area contributed by atoms with E-state index in [1.165, 1.54) is 5.56 Å². The summed E-state index contributed by atoms with van der Waals surface area (Å²) in [4.78, 5) is 25.7. The molecule has 7 heteroatoms. The number of imidazole rings is 1. The van der Waals surface area contributed by atoms with Gasteiger partial charge in [-0.25, -0.2) is 4.98 Å². The van der Waals surface area contributed by atoms with Crippen molar-refractivity contribution in [3.63, 3.8) is 0 Å². The van der Waals surface area contributed by atoms with Crippen LogP contribution in [0.3, 0.4) is 0 Å². The van der Waals surface area contributed by atoms with Crippen molar-refractivity contribution in [1.29, 1.82) is 0 Å². The van der Waals surface area contributed by atoms with Gasteiger partial charge in [-0.3, -0.25) is 14.2 Å². The van der Waals surface area contributed by atoms with E-state index in [0.29, 0.717) is 6.54 Å². The van der Waals surface area contributed by atoms with Crippen molar-refractivity contribution in [2.75, 3.05) is 31.6 Å². The van der Waals surface area contributed by atoms with Gasteiger partial charge in [-0.1, -0.05) is 12.1 Å². The molecular formula is C23H28N6O. The van der Waals surface area contributed by atoms with E-state index in [0.717, 1.165) is 55.2 Å². The lowest BCUT2D eigenvalue weighted by Gasteiger charge is -2.33. The molecule has 0 bridgehead atoms. The molecule has 1 amide bonds. The number of piperazine rings is 1. The van der Waals surface area contributed by atoms with Crippen LogP contribution in [-0.4, -0.2) is 51.9 Å². The third-order valence-corrected chi connectivity index (χ3v) is 6.40. The summed E-state index contributed by atoms with van der Waals surface area (Å²) in [7, 11) is 1.87. The fraction of sp³-hybridized carbons (Fsp3) is 0.435. The maximum Gasteiger partial charge on any atom is 0.241 e. The Morgan fingerprint density at radius 1 is 1.10 bits per heavy atom. The number of carbonyl (C=O) groups is 1. The highest BCUT2D eigenvalue weighted by molar-refractivity contribution is 5.82. The predicted octanol–water partition coefficient (Wildman–Crippen LogP) is 2.87. The molecule has 2 fully saturated rings. The van der Waals surface area contributed by atoms with Crippen LogP contribution in [0.1, 0.15) is 48.3 Å². The Balaban J connectivity index is 1.43. The van der Waals surface area contributed by atoms with Gasteiger partial charge >= 0.3 is 0 Å². The number of aryl methyl sites for hydroxylation is 1. The summed E-state index contributed by atoms with van der Waals surface area (Å²) in [6.07, 6.45) is 7.32. The second-order valence-electron chi connectivity index (χ2n) is 8.42. The van der Waals surface area contributed by atoms with E-state index in [1.807, 2.05) is 31.4 Å². The number of carbonyl (C=O) groups excluding carboxylic acids is 1. The van der Waals surface area contributed by atoms with Crippen molar-refractivity contribution in [1.82, 2.24) is 24.6 Å². The van der Waals surface area contributed by atoms with Gasteiger partial charge in [0.2, 0.25) is 5.91 Å². The number of rotatable bonds is 3. The maximum absolute atomic E-state index is 12.2. The summed E-state index contributed by atoms with van der Waals surface area (Å²) in [5, 5.41) is 3.79. The van der Waals surface area contributed by atoms with Gasteiger partial charge in [0.25, 0.3) is 0 Å². The average molecular weight is 405 g/mol. The first-order valence-corrected chi connectivity index (χ1v) is 10.7. The molecule has 3 aromatic rings. The second kappa shape index (κ2) is 7.72. The van der Waals surface area contributed by atoms with E-state index in [9.17, 15) is 4.79 Å². The lowest BCUT2D eigenvalue weighted by atomic mass is 9.93. The van der Waals surface area contributed by atoms with Crippen molar-refractivity contribution in [3.05, 3.63) is 59.7 Å². The van der Waals surface area contributed by atoms with E-state index in [2.05, 4.69) is 44.9 Å². The van der Waals surface area contributed by atoms with Gasteiger partial charge in [0.05, 0.1) is 30.0 Å². The van der Waals surface area contributed by atoms with Gasteiger partial charge in [0.15, 0.2) is 0 Å². The number of aromatic nitrogens is 3. The van der Waals surface area contributed by atoms with Gasteiger partial charge < -0.3 is 15.1 Å². The number of hydrogen-bond donors (Lipinski definition) is 1. The van der Waals surface area contributed by atoms with Crippen molar-refractivity contribution in [2.45, 2.75) is 38.3 Å². The summed E-state index contributed by atoms with van der Waals surface area (Å²) < 4.78 is 2.13. The molecule has 7 nitrogen and oxygen atoms in total. The minimum atomic E-state index is 0.154. The monoisotopic (exact) mass is 404 g/mol. The molecule has 2 aliphatic rings. The zero-order valence-electron chi connectivity index (χ0n) is 17.6. The first-order valence-electron chi connectivity index (χ1n) is 10.7. The summed E-state index contributed by atoms with van der Waals surface area (Å²) in [6.45, 7) is 4.11. The zero-order chi connectivity index (χ0) is 20.7. The van der Waals surface area contributed by atoms with E-state index >= 15 is 0 Å². The van der Waals surface area contributed by atoms with E-state index in [4.69, 9.17) is 4.98 Å². The Morgan fingerprint density at radius 2 is 1.97 bits per heavy atom. The van der Waals surface area contributed by atoms with Crippen LogP contribution >= 0.6 is 0 Å². The number of nitrogens with zero attached hydrogens (tertiary/aromatic N) is 5. The number of nitrogens with one attached hydrogen (secondary N) is 1. The second-order valence-corrected chi connectivity index (χ2v) is 8.42. The first kappa shape index (κ1) is 19.1. The molecule has 0 aliphatic carbocycles. The normalized spacial score (nSPS) is 22.7. The van der Waals surface area contributed by atoms with Gasteiger partial charge in [-0.2, -0.15) is 0 Å². The number of piperidine rings is 1. The third kappa shape index (κ3) is 3.43.